The molecule has 0 aliphatic rings. The summed E-state index contributed by atoms with van der Waals surface area (Å²) in [6.45, 7) is 14.0. The molecule has 0 atom stereocenters. The van der Waals surface area contributed by atoms with Crippen LogP contribution in [-0.2, 0) is 5.41 Å². The second-order valence-corrected chi connectivity index (χ2v) is 10.8. The van der Waals surface area contributed by atoms with E-state index in [1.54, 1.807) is 0 Å². The molecule has 0 saturated carbocycles. The molecule has 0 radical (unpaired) electrons. The lowest BCUT2D eigenvalue weighted by molar-refractivity contribution is 0.330. The molecule has 4 heteroatoms. The number of aryl methyl sites for hydroxylation is 2. The van der Waals surface area contributed by atoms with Gasteiger partial charge in [0.05, 0.1) is 13.2 Å². The molecule has 0 unspecified atom stereocenters. The van der Waals surface area contributed by atoms with Gasteiger partial charge < -0.3 is 18.9 Å². The van der Waals surface area contributed by atoms with Gasteiger partial charge in [0.1, 0.15) is 34.5 Å². The van der Waals surface area contributed by atoms with Gasteiger partial charge in [0.2, 0.25) is 0 Å². The van der Waals surface area contributed by atoms with Crippen molar-refractivity contribution in [2.75, 3.05) is 13.2 Å². The van der Waals surface area contributed by atoms with Gasteiger partial charge in [-0.15, -0.1) is 0 Å². The molecular weight excluding hydrogens is 532 g/mol. The number of rotatable bonds is 10. The molecule has 43 heavy (non-hydrogen) atoms. The minimum atomic E-state index is -0.134. The van der Waals surface area contributed by atoms with E-state index in [9.17, 15) is 0 Å². The standard InChI is InChI=1S/C29H28O2.C10H14O2/c1-21-5-13-25(14-6-21)30-27-17-9-23(10-18-27)29(3,4)24-11-19-28(20-12-24)31-26-15-7-22(2)8-16-26;1-3-11-9-5-7-10(8-6-9)12-4-2/h5-20H,1-4H3;5-8H,3-4H2,1-2H3. The normalized spacial score (nSPS) is 10.7. The summed E-state index contributed by atoms with van der Waals surface area (Å²) < 4.78 is 22.5. The Morgan fingerprint density at radius 2 is 0.651 bits per heavy atom. The van der Waals surface area contributed by atoms with E-state index in [0.29, 0.717) is 13.2 Å². The molecule has 0 bridgehead atoms. The summed E-state index contributed by atoms with van der Waals surface area (Å²) in [5.41, 5.74) is 4.77. The van der Waals surface area contributed by atoms with Crippen LogP contribution in [0.4, 0.5) is 0 Å². The van der Waals surface area contributed by atoms with Crippen LogP contribution in [0.1, 0.15) is 49.9 Å². The molecule has 5 rings (SSSR count). The molecule has 5 aromatic rings. The fourth-order valence-electron chi connectivity index (χ4n) is 4.50. The maximum atomic E-state index is 5.97. The summed E-state index contributed by atoms with van der Waals surface area (Å²) in [4.78, 5) is 0. The molecular formula is C39H42O4. The van der Waals surface area contributed by atoms with Gasteiger partial charge in [0.15, 0.2) is 0 Å². The Kier molecular flexibility index (Phi) is 10.9. The van der Waals surface area contributed by atoms with Crippen LogP contribution in [0.2, 0.25) is 0 Å². The Bertz CT molecular complexity index is 1400. The molecule has 4 nitrogen and oxygen atoms in total. The third-order valence-electron chi connectivity index (χ3n) is 7.11. The van der Waals surface area contributed by atoms with Crippen molar-refractivity contribution in [3.8, 4) is 34.5 Å². The van der Waals surface area contributed by atoms with Crippen LogP contribution in [0.15, 0.2) is 121 Å². The largest absolute Gasteiger partial charge is 0.494 e. The lowest BCUT2D eigenvalue weighted by Crippen LogP contribution is -2.18. The quantitative estimate of drug-likeness (QED) is 0.166. The molecule has 0 aliphatic carbocycles. The molecule has 222 valence electrons. The molecule has 0 N–H and O–H groups in total. The molecule has 0 heterocycles. The third-order valence-corrected chi connectivity index (χ3v) is 7.11. The topological polar surface area (TPSA) is 36.9 Å². The highest BCUT2D eigenvalue weighted by molar-refractivity contribution is 5.43. The Morgan fingerprint density at radius 3 is 0.930 bits per heavy atom. The summed E-state index contributed by atoms with van der Waals surface area (Å²) >= 11 is 0. The Morgan fingerprint density at radius 1 is 0.395 bits per heavy atom. The second kappa shape index (κ2) is 15.0. The highest BCUT2D eigenvalue weighted by atomic mass is 16.5. The second-order valence-electron chi connectivity index (χ2n) is 10.8. The predicted octanol–water partition coefficient (Wildman–Crippen LogP) is 10.7. The Balaban J connectivity index is 0.000000296. The molecule has 0 spiro atoms. The van der Waals surface area contributed by atoms with E-state index in [0.717, 1.165) is 34.5 Å². The van der Waals surface area contributed by atoms with E-state index in [1.165, 1.54) is 22.3 Å². The summed E-state index contributed by atoms with van der Waals surface area (Å²) in [5, 5.41) is 0. The first-order valence-electron chi connectivity index (χ1n) is 14.8. The van der Waals surface area contributed by atoms with E-state index in [4.69, 9.17) is 18.9 Å². The molecule has 0 aliphatic heterocycles. The monoisotopic (exact) mass is 574 g/mol. The third kappa shape index (κ3) is 9.14. The predicted molar refractivity (Wildman–Crippen MR) is 176 cm³/mol. The SMILES string of the molecule is CCOc1ccc(OCC)cc1.Cc1ccc(Oc2ccc(C(C)(C)c3ccc(Oc4ccc(C)cc4)cc3)cc2)cc1. The van der Waals surface area contributed by atoms with Crippen molar-refractivity contribution in [2.45, 2.75) is 47.0 Å². The fraction of sp³-hybridized carbons (Fsp3) is 0.231. The molecule has 0 fully saturated rings. The molecule has 0 saturated heterocycles. The summed E-state index contributed by atoms with van der Waals surface area (Å²) in [6.07, 6.45) is 0. The van der Waals surface area contributed by atoms with Crippen molar-refractivity contribution in [1.29, 1.82) is 0 Å². The maximum Gasteiger partial charge on any atom is 0.127 e. The maximum absolute atomic E-state index is 5.97. The summed E-state index contributed by atoms with van der Waals surface area (Å²) in [5.74, 6) is 5.15. The zero-order valence-corrected chi connectivity index (χ0v) is 26.1. The first-order chi connectivity index (χ1) is 20.8. The van der Waals surface area contributed by atoms with Gasteiger partial charge in [-0.3, -0.25) is 0 Å². The van der Waals surface area contributed by atoms with E-state index in [1.807, 2.05) is 86.6 Å². The first-order valence-corrected chi connectivity index (χ1v) is 14.8. The highest BCUT2D eigenvalue weighted by Crippen LogP contribution is 2.34. The Labute approximate surface area is 256 Å². The van der Waals surface area contributed by atoms with Crippen molar-refractivity contribution in [3.05, 3.63) is 144 Å². The van der Waals surface area contributed by atoms with Gasteiger partial charge in [-0.05, 0) is 112 Å². The summed E-state index contributed by atoms with van der Waals surface area (Å²) in [6, 6.07) is 40.5. The summed E-state index contributed by atoms with van der Waals surface area (Å²) in [7, 11) is 0. The molecule has 0 amide bonds. The van der Waals surface area contributed by atoms with Gasteiger partial charge in [0, 0.05) is 5.41 Å². The van der Waals surface area contributed by atoms with Crippen LogP contribution in [0.3, 0.4) is 0 Å². The Hall–Kier alpha value is -4.70. The average molecular weight is 575 g/mol. The van der Waals surface area contributed by atoms with Gasteiger partial charge in [-0.2, -0.15) is 0 Å². The van der Waals surface area contributed by atoms with Gasteiger partial charge in [-0.1, -0.05) is 73.5 Å². The zero-order valence-electron chi connectivity index (χ0n) is 26.1. The van der Waals surface area contributed by atoms with E-state index in [2.05, 4.69) is 76.2 Å². The van der Waals surface area contributed by atoms with Gasteiger partial charge >= 0.3 is 0 Å². The van der Waals surface area contributed by atoms with E-state index < -0.39 is 0 Å². The van der Waals surface area contributed by atoms with Crippen LogP contribution in [0, 0.1) is 13.8 Å². The highest BCUT2D eigenvalue weighted by Gasteiger charge is 2.23. The van der Waals surface area contributed by atoms with Crippen LogP contribution in [0.5, 0.6) is 34.5 Å². The van der Waals surface area contributed by atoms with E-state index >= 15 is 0 Å². The van der Waals surface area contributed by atoms with Crippen LogP contribution in [-0.4, -0.2) is 13.2 Å². The number of ether oxygens (including phenoxy) is 4. The van der Waals surface area contributed by atoms with Crippen LogP contribution < -0.4 is 18.9 Å². The average Bonchev–Trinajstić information content (AvgIpc) is 3.02. The number of hydrogen-bond acceptors (Lipinski definition) is 4. The van der Waals surface area contributed by atoms with Crippen molar-refractivity contribution >= 4 is 0 Å². The van der Waals surface area contributed by atoms with Crippen LogP contribution in [0.25, 0.3) is 0 Å². The van der Waals surface area contributed by atoms with Crippen molar-refractivity contribution in [3.63, 3.8) is 0 Å². The van der Waals surface area contributed by atoms with Crippen molar-refractivity contribution in [1.82, 2.24) is 0 Å². The number of benzene rings is 5. The minimum absolute atomic E-state index is 0.134. The zero-order chi connectivity index (χ0) is 30.7. The molecule has 5 aromatic carbocycles. The van der Waals surface area contributed by atoms with Crippen LogP contribution >= 0.6 is 0 Å². The minimum Gasteiger partial charge on any atom is -0.494 e. The smallest absolute Gasteiger partial charge is 0.127 e. The fourth-order valence-corrected chi connectivity index (χ4v) is 4.50. The lowest BCUT2D eigenvalue weighted by Gasteiger charge is -2.26. The number of hydrogen-bond donors (Lipinski definition) is 0. The lowest BCUT2D eigenvalue weighted by atomic mass is 9.78. The van der Waals surface area contributed by atoms with Gasteiger partial charge in [-0.25, -0.2) is 0 Å². The van der Waals surface area contributed by atoms with Crippen molar-refractivity contribution in [2.24, 2.45) is 0 Å². The van der Waals surface area contributed by atoms with Crippen molar-refractivity contribution < 1.29 is 18.9 Å². The van der Waals surface area contributed by atoms with Gasteiger partial charge in [0.25, 0.3) is 0 Å². The molecule has 0 aromatic heterocycles. The van der Waals surface area contributed by atoms with E-state index in [-0.39, 0.29) is 5.41 Å². The first kappa shape index (κ1) is 31.2.